The molecule has 0 aliphatic rings. The molecule has 0 fully saturated rings. The summed E-state index contributed by atoms with van der Waals surface area (Å²) in [6.07, 6.45) is 1.16. The number of anilines is 1. The van der Waals surface area contributed by atoms with E-state index in [4.69, 9.17) is 27.9 Å². The van der Waals surface area contributed by atoms with Gasteiger partial charge in [-0.15, -0.1) is 0 Å². The van der Waals surface area contributed by atoms with E-state index in [0.717, 1.165) is 6.20 Å². The molecule has 0 bridgehead atoms. The van der Waals surface area contributed by atoms with Crippen molar-refractivity contribution in [2.45, 2.75) is 9.92 Å². The highest BCUT2D eigenvalue weighted by Gasteiger charge is 2.20. The van der Waals surface area contributed by atoms with E-state index >= 15 is 0 Å². The Labute approximate surface area is 188 Å². The summed E-state index contributed by atoms with van der Waals surface area (Å²) in [4.78, 5) is 28.4. The molecule has 0 saturated heterocycles. The third-order valence-electron chi connectivity index (χ3n) is 4.04. The van der Waals surface area contributed by atoms with Crippen LogP contribution in [0.2, 0.25) is 10.0 Å². The summed E-state index contributed by atoms with van der Waals surface area (Å²) in [6.45, 7) is 0. The van der Waals surface area contributed by atoms with Crippen molar-refractivity contribution in [1.82, 2.24) is 10.3 Å². The molecule has 3 aromatic rings. The van der Waals surface area contributed by atoms with Gasteiger partial charge in [-0.3, -0.25) is 10.1 Å². The van der Waals surface area contributed by atoms with Gasteiger partial charge in [0, 0.05) is 5.02 Å². The smallest absolute Gasteiger partial charge is 0.326 e. The average Bonchev–Trinajstić information content (AvgIpc) is 2.74. The molecule has 31 heavy (non-hydrogen) atoms. The van der Waals surface area contributed by atoms with E-state index < -0.39 is 21.8 Å². The fraction of sp³-hybridized carbons (Fsp3) is 0.0500. The number of rotatable bonds is 5. The molecule has 3 rings (SSSR count). The minimum absolute atomic E-state index is 0.00403. The normalized spacial score (nSPS) is 10.9. The van der Waals surface area contributed by atoms with Crippen LogP contribution in [0.5, 0.6) is 5.75 Å². The molecule has 0 aliphatic heterocycles. The first kappa shape index (κ1) is 22.5. The van der Waals surface area contributed by atoms with Crippen molar-refractivity contribution in [3.05, 3.63) is 76.4 Å². The highest BCUT2D eigenvalue weighted by Crippen LogP contribution is 2.26. The molecule has 3 amide bonds. The van der Waals surface area contributed by atoms with Gasteiger partial charge in [0.25, 0.3) is 5.91 Å². The highest BCUT2D eigenvalue weighted by molar-refractivity contribution is 7.91. The number of carbonyl (C=O) groups excluding carboxylic acids is 2. The molecule has 2 aromatic carbocycles. The maximum Gasteiger partial charge on any atom is 0.326 e. The molecule has 160 valence electrons. The number of methoxy groups -OCH3 is 1. The van der Waals surface area contributed by atoms with Crippen molar-refractivity contribution in [2.24, 2.45) is 0 Å². The van der Waals surface area contributed by atoms with Crippen molar-refractivity contribution in [1.29, 1.82) is 0 Å². The number of pyridine rings is 1. The van der Waals surface area contributed by atoms with Crippen LogP contribution >= 0.6 is 23.2 Å². The Bertz CT molecular complexity index is 1230. The van der Waals surface area contributed by atoms with Crippen LogP contribution in [0.15, 0.2) is 70.7 Å². The van der Waals surface area contributed by atoms with Crippen molar-refractivity contribution >= 4 is 50.7 Å². The average molecular weight is 480 g/mol. The third kappa shape index (κ3) is 5.13. The molecule has 0 aliphatic carbocycles. The summed E-state index contributed by atoms with van der Waals surface area (Å²) >= 11 is 11.8. The van der Waals surface area contributed by atoms with Crippen LogP contribution in [0, 0.1) is 0 Å². The van der Waals surface area contributed by atoms with E-state index in [1.165, 1.54) is 55.6 Å². The van der Waals surface area contributed by atoms with Crippen LogP contribution in [0.3, 0.4) is 0 Å². The predicted octanol–water partition coefficient (Wildman–Crippen LogP) is 4.19. The Balaban J connectivity index is 1.71. The zero-order valence-electron chi connectivity index (χ0n) is 15.9. The van der Waals surface area contributed by atoms with Gasteiger partial charge in [0.05, 0.1) is 28.9 Å². The topological polar surface area (TPSA) is 114 Å². The summed E-state index contributed by atoms with van der Waals surface area (Å²) in [5.74, 6) is -0.564. The first-order valence-electron chi connectivity index (χ1n) is 8.64. The number of benzene rings is 2. The number of amides is 3. The van der Waals surface area contributed by atoms with Gasteiger partial charge in [0.15, 0.2) is 5.03 Å². The zero-order chi connectivity index (χ0) is 22.6. The fourth-order valence-electron chi connectivity index (χ4n) is 2.57. The van der Waals surface area contributed by atoms with Gasteiger partial charge >= 0.3 is 6.03 Å². The number of hydrogen-bond donors (Lipinski definition) is 2. The van der Waals surface area contributed by atoms with E-state index in [9.17, 15) is 18.0 Å². The number of sulfone groups is 1. The molecule has 8 nitrogen and oxygen atoms in total. The van der Waals surface area contributed by atoms with Crippen LogP contribution in [-0.2, 0) is 9.84 Å². The molecular weight excluding hydrogens is 465 g/mol. The van der Waals surface area contributed by atoms with Gasteiger partial charge < -0.3 is 10.1 Å². The predicted molar refractivity (Wildman–Crippen MR) is 116 cm³/mol. The van der Waals surface area contributed by atoms with Gasteiger partial charge in [-0.1, -0.05) is 29.3 Å². The minimum Gasteiger partial charge on any atom is -0.496 e. The number of nitrogens with one attached hydrogen (secondary N) is 2. The van der Waals surface area contributed by atoms with Gasteiger partial charge in [0.2, 0.25) is 9.84 Å². The van der Waals surface area contributed by atoms with Gasteiger partial charge in [-0.2, -0.15) is 0 Å². The molecule has 0 unspecified atom stereocenters. The Morgan fingerprint density at radius 1 is 1.00 bits per heavy atom. The van der Waals surface area contributed by atoms with Crippen LogP contribution in [0.25, 0.3) is 0 Å². The first-order chi connectivity index (χ1) is 14.7. The molecule has 2 N–H and O–H groups in total. The van der Waals surface area contributed by atoms with E-state index in [0.29, 0.717) is 5.02 Å². The molecule has 11 heteroatoms. The molecule has 0 spiro atoms. The van der Waals surface area contributed by atoms with Gasteiger partial charge in [-0.25, -0.2) is 18.2 Å². The molecular formula is C20H15Cl2N3O5S. The second-order valence-corrected chi connectivity index (χ2v) is 8.81. The minimum atomic E-state index is -3.85. The lowest BCUT2D eigenvalue weighted by molar-refractivity contribution is 0.0964. The standard InChI is InChI=1S/C20H15Cl2N3O5S/c1-30-16-4-2-3-15(22)18(16)19(26)25-20(27)24-13-7-10-17(23-11-13)31(28,29)14-8-5-12(21)6-9-14/h2-11H,1H3,(H2,24,25,26,27). The van der Waals surface area contributed by atoms with Crippen molar-refractivity contribution < 1.29 is 22.7 Å². The van der Waals surface area contributed by atoms with Crippen LogP contribution in [-0.4, -0.2) is 32.4 Å². The number of ether oxygens (including phenoxy) is 1. The lowest BCUT2D eigenvalue weighted by atomic mass is 10.2. The number of imide groups is 1. The number of nitrogens with zero attached hydrogens (tertiary/aromatic N) is 1. The Morgan fingerprint density at radius 2 is 1.71 bits per heavy atom. The van der Waals surface area contributed by atoms with Crippen LogP contribution in [0.1, 0.15) is 10.4 Å². The lowest BCUT2D eigenvalue weighted by Gasteiger charge is -2.11. The Morgan fingerprint density at radius 3 is 2.32 bits per heavy atom. The SMILES string of the molecule is COc1cccc(Cl)c1C(=O)NC(=O)Nc1ccc(S(=O)(=O)c2ccc(Cl)cc2)nc1. The second kappa shape index (κ2) is 9.34. The lowest BCUT2D eigenvalue weighted by Crippen LogP contribution is -2.34. The quantitative estimate of drug-likeness (QED) is 0.566. The number of halogens is 2. The van der Waals surface area contributed by atoms with E-state index in [-0.39, 0.29) is 31.9 Å². The van der Waals surface area contributed by atoms with Crippen LogP contribution < -0.4 is 15.4 Å². The highest BCUT2D eigenvalue weighted by atomic mass is 35.5. The first-order valence-corrected chi connectivity index (χ1v) is 10.9. The fourth-order valence-corrected chi connectivity index (χ4v) is 4.12. The number of carbonyl (C=O) groups is 2. The third-order valence-corrected chi connectivity index (χ3v) is 6.29. The molecule has 0 atom stereocenters. The number of hydrogen-bond acceptors (Lipinski definition) is 6. The molecule has 1 heterocycles. The molecule has 0 saturated carbocycles. The summed E-state index contributed by atoms with van der Waals surface area (Å²) in [7, 11) is -2.48. The zero-order valence-corrected chi connectivity index (χ0v) is 18.3. The van der Waals surface area contributed by atoms with Crippen LogP contribution in [0.4, 0.5) is 10.5 Å². The maximum absolute atomic E-state index is 12.6. The van der Waals surface area contributed by atoms with Gasteiger partial charge in [0.1, 0.15) is 11.3 Å². The van der Waals surface area contributed by atoms with Crippen molar-refractivity contribution in [3.63, 3.8) is 0 Å². The van der Waals surface area contributed by atoms with Crippen molar-refractivity contribution in [2.75, 3.05) is 12.4 Å². The largest absolute Gasteiger partial charge is 0.496 e. The van der Waals surface area contributed by atoms with E-state index in [1.807, 2.05) is 0 Å². The summed E-state index contributed by atoms with van der Waals surface area (Å²) in [5.41, 5.74) is 0.177. The molecule has 0 radical (unpaired) electrons. The van der Waals surface area contributed by atoms with Gasteiger partial charge in [-0.05, 0) is 48.5 Å². The summed E-state index contributed by atoms with van der Waals surface area (Å²) < 4.78 is 30.3. The summed E-state index contributed by atoms with van der Waals surface area (Å²) in [5, 5.41) is 4.83. The maximum atomic E-state index is 12.6. The Kier molecular flexibility index (Phi) is 6.79. The number of urea groups is 1. The van der Waals surface area contributed by atoms with Crippen molar-refractivity contribution in [3.8, 4) is 5.75 Å². The van der Waals surface area contributed by atoms with E-state index in [2.05, 4.69) is 15.6 Å². The van der Waals surface area contributed by atoms with E-state index in [1.54, 1.807) is 6.07 Å². The monoisotopic (exact) mass is 479 g/mol. The Hall–Kier alpha value is -3.14. The molecule has 1 aromatic heterocycles. The summed E-state index contributed by atoms with van der Waals surface area (Å²) in [6, 6.07) is 12.0. The second-order valence-electron chi connectivity index (χ2n) is 6.07. The number of aromatic nitrogens is 1.